The quantitative estimate of drug-likeness (QED) is 0.598. The third kappa shape index (κ3) is 3.54. The second kappa shape index (κ2) is 6.51. The average Bonchev–Trinajstić information content (AvgIpc) is 2.77. The predicted octanol–water partition coefficient (Wildman–Crippen LogP) is 2.40. The molecule has 0 aromatic heterocycles. The fraction of sp³-hybridized carbons (Fsp3) is 0.400. The number of carbonyl (C=O) groups excluding carboxylic acids is 1. The molecule has 1 saturated heterocycles. The van der Waals surface area contributed by atoms with E-state index in [1.54, 1.807) is 0 Å². The van der Waals surface area contributed by atoms with E-state index in [9.17, 15) is 4.79 Å². The molecule has 1 heterocycles. The molecule has 18 heavy (non-hydrogen) atoms. The molecule has 0 saturated carbocycles. The molecule has 1 fully saturated rings. The third-order valence-electron chi connectivity index (χ3n) is 3.07. The third-order valence-corrected chi connectivity index (χ3v) is 4.08. The lowest BCUT2D eigenvalue weighted by atomic mass is 10.1. The predicted molar refractivity (Wildman–Crippen MR) is 76.1 cm³/mol. The summed E-state index contributed by atoms with van der Waals surface area (Å²) in [6.45, 7) is 1.55. The van der Waals surface area contributed by atoms with Crippen molar-refractivity contribution in [3.05, 3.63) is 35.9 Å². The van der Waals surface area contributed by atoms with Crippen molar-refractivity contribution in [3.63, 3.8) is 0 Å². The highest BCUT2D eigenvalue weighted by molar-refractivity contribution is 7.98. The number of hydrogen-bond donors (Lipinski definition) is 0. The van der Waals surface area contributed by atoms with Crippen molar-refractivity contribution in [2.24, 2.45) is 5.92 Å². The normalized spacial score (nSPS) is 18.9. The Labute approximate surface area is 113 Å². The van der Waals surface area contributed by atoms with Gasteiger partial charge in [-0.3, -0.25) is 4.79 Å². The molecule has 0 bridgehead atoms. The van der Waals surface area contributed by atoms with Crippen molar-refractivity contribution >= 4 is 17.7 Å². The lowest BCUT2D eigenvalue weighted by Gasteiger charge is -2.15. The Morgan fingerprint density at radius 3 is 2.83 bits per heavy atom. The molecular formula is C15H17NOS. The van der Waals surface area contributed by atoms with Crippen LogP contribution >= 0.6 is 11.8 Å². The van der Waals surface area contributed by atoms with Gasteiger partial charge >= 0.3 is 0 Å². The van der Waals surface area contributed by atoms with E-state index in [4.69, 9.17) is 6.42 Å². The van der Waals surface area contributed by atoms with Crippen LogP contribution in [0.4, 0.5) is 0 Å². The SMILES string of the molecule is C#CC1CC(=O)N(CCSCc2ccccc2)C1. The van der Waals surface area contributed by atoms with Gasteiger partial charge in [-0.25, -0.2) is 0 Å². The van der Waals surface area contributed by atoms with Gasteiger partial charge < -0.3 is 4.90 Å². The summed E-state index contributed by atoms with van der Waals surface area (Å²) >= 11 is 1.86. The molecule has 1 unspecified atom stereocenters. The molecule has 3 heteroatoms. The van der Waals surface area contributed by atoms with Gasteiger partial charge in [-0.1, -0.05) is 30.3 Å². The van der Waals surface area contributed by atoms with Crippen molar-refractivity contribution in [2.75, 3.05) is 18.8 Å². The maximum Gasteiger partial charge on any atom is 0.223 e. The number of hydrogen-bond acceptors (Lipinski definition) is 2. The van der Waals surface area contributed by atoms with E-state index >= 15 is 0 Å². The molecule has 1 aliphatic rings. The van der Waals surface area contributed by atoms with E-state index in [-0.39, 0.29) is 11.8 Å². The molecule has 94 valence electrons. The molecule has 1 aromatic carbocycles. The van der Waals surface area contributed by atoms with Gasteiger partial charge in [0.2, 0.25) is 5.91 Å². The smallest absolute Gasteiger partial charge is 0.223 e. The highest BCUT2D eigenvalue weighted by atomic mass is 32.2. The van der Waals surface area contributed by atoms with E-state index in [1.807, 2.05) is 22.7 Å². The molecule has 1 atom stereocenters. The van der Waals surface area contributed by atoms with Crippen LogP contribution in [-0.2, 0) is 10.5 Å². The Morgan fingerprint density at radius 1 is 1.39 bits per heavy atom. The second-order valence-electron chi connectivity index (χ2n) is 4.45. The minimum atomic E-state index is 0.122. The van der Waals surface area contributed by atoms with E-state index in [0.717, 1.165) is 24.6 Å². The molecule has 1 aromatic rings. The minimum Gasteiger partial charge on any atom is -0.341 e. The summed E-state index contributed by atoms with van der Waals surface area (Å²) in [5.41, 5.74) is 1.33. The van der Waals surface area contributed by atoms with Gasteiger partial charge in [-0.15, -0.1) is 12.3 Å². The van der Waals surface area contributed by atoms with E-state index in [0.29, 0.717) is 6.42 Å². The van der Waals surface area contributed by atoms with Crippen molar-refractivity contribution in [2.45, 2.75) is 12.2 Å². The van der Waals surface area contributed by atoms with Crippen LogP contribution in [0, 0.1) is 18.3 Å². The molecule has 0 N–H and O–H groups in total. The van der Waals surface area contributed by atoms with E-state index in [2.05, 4.69) is 30.2 Å². The minimum absolute atomic E-state index is 0.122. The van der Waals surface area contributed by atoms with Crippen LogP contribution in [0.5, 0.6) is 0 Å². The van der Waals surface area contributed by atoms with Crippen molar-refractivity contribution < 1.29 is 4.79 Å². The zero-order chi connectivity index (χ0) is 12.8. The number of benzene rings is 1. The zero-order valence-electron chi connectivity index (χ0n) is 10.3. The largest absolute Gasteiger partial charge is 0.341 e. The lowest BCUT2D eigenvalue weighted by molar-refractivity contribution is -0.127. The molecular weight excluding hydrogens is 242 g/mol. The summed E-state index contributed by atoms with van der Waals surface area (Å²) in [4.78, 5) is 13.5. The molecule has 0 aliphatic carbocycles. The average molecular weight is 259 g/mol. The number of thioether (sulfide) groups is 1. The number of carbonyl (C=O) groups is 1. The van der Waals surface area contributed by atoms with Crippen LogP contribution in [0.25, 0.3) is 0 Å². The summed E-state index contributed by atoms with van der Waals surface area (Å²) in [5, 5.41) is 0. The number of nitrogens with zero attached hydrogens (tertiary/aromatic N) is 1. The Hall–Kier alpha value is -1.40. The topological polar surface area (TPSA) is 20.3 Å². The van der Waals surface area contributed by atoms with Crippen LogP contribution in [-0.4, -0.2) is 29.6 Å². The van der Waals surface area contributed by atoms with Gasteiger partial charge in [0.25, 0.3) is 0 Å². The summed E-state index contributed by atoms with van der Waals surface area (Å²) < 4.78 is 0. The summed E-state index contributed by atoms with van der Waals surface area (Å²) in [6.07, 6.45) is 5.88. The first kappa shape index (κ1) is 13.0. The number of likely N-dealkylation sites (tertiary alicyclic amines) is 1. The first-order chi connectivity index (χ1) is 8.79. The first-order valence-corrected chi connectivity index (χ1v) is 7.30. The number of amides is 1. The standard InChI is InChI=1S/C15H17NOS/c1-2-13-10-15(17)16(11-13)8-9-18-12-14-6-4-3-5-7-14/h1,3-7,13H,8-12H2. The number of terminal acetylenes is 1. The maximum absolute atomic E-state index is 11.6. The van der Waals surface area contributed by atoms with Gasteiger partial charge in [0.05, 0.1) is 0 Å². The first-order valence-electron chi connectivity index (χ1n) is 6.15. The molecule has 1 amide bonds. The summed E-state index contributed by atoms with van der Waals surface area (Å²) in [7, 11) is 0. The highest BCUT2D eigenvalue weighted by Crippen LogP contribution is 2.18. The van der Waals surface area contributed by atoms with Gasteiger partial charge in [-0.2, -0.15) is 11.8 Å². The van der Waals surface area contributed by atoms with Crippen LogP contribution in [0.2, 0.25) is 0 Å². The van der Waals surface area contributed by atoms with Crippen LogP contribution in [0.1, 0.15) is 12.0 Å². The Morgan fingerprint density at radius 2 is 2.17 bits per heavy atom. The zero-order valence-corrected chi connectivity index (χ0v) is 11.2. The highest BCUT2D eigenvalue weighted by Gasteiger charge is 2.27. The van der Waals surface area contributed by atoms with Crippen molar-refractivity contribution in [3.8, 4) is 12.3 Å². The van der Waals surface area contributed by atoms with Gasteiger partial charge in [-0.05, 0) is 5.56 Å². The Balaban J connectivity index is 1.67. The van der Waals surface area contributed by atoms with E-state index in [1.165, 1.54) is 5.56 Å². The fourth-order valence-electron chi connectivity index (χ4n) is 2.04. The van der Waals surface area contributed by atoms with Crippen LogP contribution in [0.3, 0.4) is 0 Å². The molecule has 1 aliphatic heterocycles. The van der Waals surface area contributed by atoms with Crippen LogP contribution in [0.15, 0.2) is 30.3 Å². The second-order valence-corrected chi connectivity index (χ2v) is 5.55. The van der Waals surface area contributed by atoms with Crippen molar-refractivity contribution in [1.82, 2.24) is 4.90 Å². The lowest BCUT2D eigenvalue weighted by Crippen LogP contribution is -2.27. The monoisotopic (exact) mass is 259 g/mol. The Kier molecular flexibility index (Phi) is 4.72. The molecule has 2 rings (SSSR count). The maximum atomic E-state index is 11.6. The molecule has 0 spiro atoms. The van der Waals surface area contributed by atoms with Crippen molar-refractivity contribution in [1.29, 1.82) is 0 Å². The summed E-state index contributed by atoms with van der Waals surface area (Å²) in [6, 6.07) is 10.4. The van der Waals surface area contributed by atoms with Crippen LogP contribution < -0.4 is 0 Å². The van der Waals surface area contributed by atoms with Gasteiger partial charge in [0.15, 0.2) is 0 Å². The Bertz CT molecular complexity index is 438. The number of rotatable bonds is 5. The van der Waals surface area contributed by atoms with E-state index < -0.39 is 0 Å². The summed E-state index contributed by atoms with van der Waals surface area (Å²) in [5.74, 6) is 4.97. The molecule has 2 nitrogen and oxygen atoms in total. The van der Waals surface area contributed by atoms with Gasteiger partial charge in [0.1, 0.15) is 0 Å². The fourth-order valence-corrected chi connectivity index (χ4v) is 2.96. The van der Waals surface area contributed by atoms with Gasteiger partial charge in [0, 0.05) is 36.9 Å². The molecule has 0 radical (unpaired) electrons.